The third kappa shape index (κ3) is 5.14. The molecule has 0 bridgehead atoms. The highest BCUT2D eigenvalue weighted by atomic mass is 32.1. The number of hydrogen-bond acceptors (Lipinski definition) is 3. The maximum Gasteiger partial charge on any atom is 0.253 e. The van der Waals surface area contributed by atoms with Crippen LogP contribution >= 0.6 is 12.2 Å². The Bertz CT molecular complexity index is 570. The maximum absolute atomic E-state index is 12.5. The van der Waals surface area contributed by atoms with Gasteiger partial charge in [0.15, 0.2) is 5.11 Å². The molecule has 2 N–H and O–H groups in total. The number of morpholine rings is 1. The number of thiocarbonyl (C=S) groups is 1. The van der Waals surface area contributed by atoms with Crippen LogP contribution in [-0.4, -0.2) is 86.4 Å². The van der Waals surface area contributed by atoms with Crippen LogP contribution in [0, 0.1) is 0 Å². The van der Waals surface area contributed by atoms with Crippen molar-refractivity contribution < 1.29 is 14.4 Å². The molecule has 25 heavy (non-hydrogen) atoms. The summed E-state index contributed by atoms with van der Waals surface area (Å²) in [4.78, 5) is 18.1. The highest BCUT2D eigenvalue weighted by molar-refractivity contribution is 7.80. The fourth-order valence-electron chi connectivity index (χ4n) is 3.24. The van der Waals surface area contributed by atoms with Gasteiger partial charge in [-0.3, -0.25) is 4.79 Å². The highest BCUT2D eigenvalue weighted by Gasteiger charge is 2.23. The third-order valence-electron chi connectivity index (χ3n) is 4.83. The summed E-state index contributed by atoms with van der Waals surface area (Å²) >= 11 is 5.52. The SMILES string of the molecule is O=C(c1ccccc1)N1CCN(C(=S)NCC[NH+]2CCOCC2)CC1. The fraction of sp³-hybridized carbons (Fsp3) is 0.556. The molecule has 0 saturated carbocycles. The lowest BCUT2D eigenvalue weighted by molar-refractivity contribution is -0.906. The average Bonchev–Trinajstić information content (AvgIpc) is 2.69. The van der Waals surface area contributed by atoms with Crippen LogP contribution in [0.25, 0.3) is 0 Å². The minimum absolute atomic E-state index is 0.107. The number of ether oxygens (including phenoxy) is 1. The first-order chi connectivity index (χ1) is 12.2. The highest BCUT2D eigenvalue weighted by Crippen LogP contribution is 2.08. The zero-order valence-corrected chi connectivity index (χ0v) is 15.4. The molecule has 0 radical (unpaired) electrons. The fourth-order valence-corrected chi connectivity index (χ4v) is 3.53. The third-order valence-corrected chi connectivity index (χ3v) is 5.23. The van der Waals surface area contributed by atoms with Crippen molar-refractivity contribution in [1.29, 1.82) is 0 Å². The molecule has 0 aromatic heterocycles. The van der Waals surface area contributed by atoms with Crippen molar-refractivity contribution in [3.63, 3.8) is 0 Å². The zero-order chi connectivity index (χ0) is 17.5. The Hall–Kier alpha value is -1.70. The van der Waals surface area contributed by atoms with Crippen molar-refractivity contribution in [2.24, 2.45) is 0 Å². The second kappa shape index (κ2) is 9.12. The predicted molar refractivity (Wildman–Crippen MR) is 101 cm³/mol. The van der Waals surface area contributed by atoms with Crippen LogP contribution in [0.1, 0.15) is 10.4 Å². The summed E-state index contributed by atoms with van der Waals surface area (Å²) in [5.41, 5.74) is 0.755. The molecule has 1 amide bonds. The van der Waals surface area contributed by atoms with Gasteiger partial charge in [-0.15, -0.1) is 0 Å². The van der Waals surface area contributed by atoms with E-state index in [-0.39, 0.29) is 5.91 Å². The van der Waals surface area contributed by atoms with E-state index in [1.54, 1.807) is 4.90 Å². The van der Waals surface area contributed by atoms with E-state index in [0.717, 1.165) is 63.2 Å². The molecule has 3 rings (SSSR count). The molecule has 1 aromatic rings. The smallest absolute Gasteiger partial charge is 0.253 e. The molecule has 6 nitrogen and oxygen atoms in total. The summed E-state index contributed by atoms with van der Waals surface area (Å²) in [6.07, 6.45) is 0. The number of quaternary nitrogens is 1. The summed E-state index contributed by atoms with van der Waals surface area (Å²) in [6, 6.07) is 9.47. The summed E-state index contributed by atoms with van der Waals surface area (Å²) in [7, 11) is 0. The molecule has 0 aliphatic carbocycles. The van der Waals surface area contributed by atoms with Crippen molar-refractivity contribution in [3.05, 3.63) is 35.9 Å². The first kappa shape index (κ1) is 18.1. The molecule has 2 fully saturated rings. The van der Waals surface area contributed by atoms with Crippen LogP contribution in [0.5, 0.6) is 0 Å². The molecule has 0 spiro atoms. The Morgan fingerprint density at radius 1 is 1.08 bits per heavy atom. The van der Waals surface area contributed by atoms with Gasteiger partial charge in [0.05, 0.1) is 26.3 Å². The lowest BCUT2D eigenvalue weighted by Gasteiger charge is -2.36. The van der Waals surface area contributed by atoms with Crippen molar-refractivity contribution in [2.45, 2.75) is 0 Å². The van der Waals surface area contributed by atoms with Gasteiger partial charge >= 0.3 is 0 Å². The summed E-state index contributed by atoms with van der Waals surface area (Å²) in [6.45, 7) is 8.82. The Morgan fingerprint density at radius 2 is 1.72 bits per heavy atom. The average molecular weight is 364 g/mol. The topological polar surface area (TPSA) is 49.2 Å². The number of benzene rings is 1. The number of piperazine rings is 1. The van der Waals surface area contributed by atoms with E-state index < -0.39 is 0 Å². The first-order valence-electron chi connectivity index (χ1n) is 9.02. The van der Waals surface area contributed by atoms with Gasteiger partial charge in [0.25, 0.3) is 5.91 Å². The van der Waals surface area contributed by atoms with Crippen molar-refractivity contribution in [1.82, 2.24) is 15.1 Å². The number of amides is 1. The van der Waals surface area contributed by atoms with Crippen molar-refractivity contribution in [2.75, 3.05) is 65.6 Å². The second-order valence-electron chi connectivity index (χ2n) is 6.49. The molecule has 136 valence electrons. The van der Waals surface area contributed by atoms with E-state index >= 15 is 0 Å². The minimum Gasteiger partial charge on any atom is -0.370 e. The molecular formula is C18H27N4O2S+. The maximum atomic E-state index is 12.5. The Kier molecular flexibility index (Phi) is 6.61. The van der Waals surface area contributed by atoms with Gasteiger partial charge < -0.3 is 24.8 Å². The second-order valence-corrected chi connectivity index (χ2v) is 6.88. The summed E-state index contributed by atoms with van der Waals surface area (Å²) < 4.78 is 5.38. The van der Waals surface area contributed by atoms with Gasteiger partial charge in [0, 0.05) is 31.7 Å². The van der Waals surface area contributed by atoms with Crippen LogP contribution in [0.15, 0.2) is 30.3 Å². The Balaban J connectivity index is 1.38. The van der Waals surface area contributed by atoms with E-state index in [4.69, 9.17) is 17.0 Å². The van der Waals surface area contributed by atoms with Gasteiger partial charge in [-0.2, -0.15) is 0 Å². The van der Waals surface area contributed by atoms with Gasteiger partial charge in [0.1, 0.15) is 13.1 Å². The van der Waals surface area contributed by atoms with Crippen LogP contribution in [0.3, 0.4) is 0 Å². The number of rotatable bonds is 4. The van der Waals surface area contributed by atoms with Crippen molar-refractivity contribution >= 4 is 23.2 Å². The van der Waals surface area contributed by atoms with E-state index in [1.807, 2.05) is 35.2 Å². The standard InChI is InChI=1S/C18H26N4O2S/c23-17(16-4-2-1-3-5-16)21-8-10-22(11-9-21)18(25)19-6-7-20-12-14-24-15-13-20/h1-5H,6-15H2,(H,19,25)/p+1. The molecule has 2 saturated heterocycles. The van der Waals surface area contributed by atoms with E-state index in [9.17, 15) is 4.79 Å². The number of carbonyl (C=O) groups is 1. The van der Waals surface area contributed by atoms with Gasteiger partial charge in [-0.1, -0.05) is 18.2 Å². The predicted octanol–water partition coefficient (Wildman–Crippen LogP) is -0.766. The van der Waals surface area contributed by atoms with Crippen LogP contribution in [-0.2, 0) is 4.74 Å². The molecular weight excluding hydrogens is 336 g/mol. The minimum atomic E-state index is 0.107. The zero-order valence-electron chi connectivity index (χ0n) is 14.6. The van der Waals surface area contributed by atoms with Gasteiger partial charge in [-0.05, 0) is 24.4 Å². The Labute approximate surface area is 154 Å². The van der Waals surface area contributed by atoms with Gasteiger partial charge in [0.2, 0.25) is 0 Å². The van der Waals surface area contributed by atoms with Gasteiger partial charge in [-0.25, -0.2) is 0 Å². The summed E-state index contributed by atoms with van der Waals surface area (Å²) in [5.74, 6) is 0.107. The van der Waals surface area contributed by atoms with Crippen LogP contribution in [0.2, 0.25) is 0 Å². The molecule has 1 aromatic carbocycles. The molecule has 2 aliphatic heterocycles. The largest absolute Gasteiger partial charge is 0.370 e. The first-order valence-corrected chi connectivity index (χ1v) is 9.43. The van der Waals surface area contributed by atoms with Crippen molar-refractivity contribution in [3.8, 4) is 0 Å². The summed E-state index contributed by atoms with van der Waals surface area (Å²) in [5, 5.41) is 4.17. The molecule has 7 heteroatoms. The molecule has 2 aliphatic rings. The number of nitrogens with zero attached hydrogens (tertiary/aromatic N) is 2. The molecule has 0 unspecified atom stereocenters. The van der Waals surface area contributed by atoms with Crippen LogP contribution in [0.4, 0.5) is 0 Å². The number of carbonyl (C=O) groups excluding carboxylic acids is 1. The van der Waals surface area contributed by atoms with E-state index in [1.165, 1.54) is 0 Å². The normalized spacial score (nSPS) is 18.9. The van der Waals surface area contributed by atoms with E-state index in [2.05, 4.69) is 10.2 Å². The lowest BCUT2D eigenvalue weighted by Crippen LogP contribution is -3.14. The number of hydrogen-bond donors (Lipinski definition) is 2. The quantitative estimate of drug-likeness (QED) is 0.689. The van der Waals surface area contributed by atoms with E-state index in [0.29, 0.717) is 13.1 Å². The Morgan fingerprint density at radius 3 is 2.40 bits per heavy atom. The van der Waals surface area contributed by atoms with Crippen LogP contribution < -0.4 is 10.2 Å². The molecule has 2 heterocycles. The molecule has 0 atom stereocenters. The monoisotopic (exact) mass is 363 g/mol. The number of nitrogens with one attached hydrogen (secondary N) is 2. The lowest BCUT2D eigenvalue weighted by atomic mass is 10.2.